The van der Waals surface area contributed by atoms with Crippen molar-refractivity contribution in [3.8, 4) is 0 Å². The number of carbonyl (C=O) groups excluding carboxylic acids is 2. The van der Waals surface area contributed by atoms with E-state index in [0.717, 1.165) is 16.7 Å². The summed E-state index contributed by atoms with van der Waals surface area (Å²) in [5.74, 6) is -3.47. The van der Waals surface area contributed by atoms with Crippen LogP contribution in [0.1, 0.15) is 30.5 Å². The molecule has 0 saturated carbocycles. The third-order valence-electron chi connectivity index (χ3n) is 9.01. The first-order valence-corrected chi connectivity index (χ1v) is 16.7. The Balaban J connectivity index is 1.38. The summed E-state index contributed by atoms with van der Waals surface area (Å²) < 4.78 is 60.7. The maximum Gasteiger partial charge on any atom is 0.408 e. The smallest absolute Gasteiger partial charge is 0.408 e. The van der Waals surface area contributed by atoms with E-state index in [2.05, 4.69) is 5.32 Å². The van der Waals surface area contributed by atoms with Crippen LogP contribution in [0.15, 0.2) is 91.0 Å². The molecule has 13 heteroatoms. The van der Waals surface area contributed by atoms with Crippen LogP contribution in [0.4, 0.5) is 4.79 Å². The summed E-state index contributed by atoms with van der Waals surface area (Å²) in [6.45, 7) is 3.66. The lowest BCUT2D eigenvalue weighted by Gasteiger charge is -2.57. The first kappa shape index (κ1) is 38.3. The summed E-state index contributed by atoms with van der Waals surface area (Å²) >= 11 is 0. The highest BCUT2D eigenvalue weighted by Gasteiger charge is 2.63. The summed E-state index contributed by atoms with van der Waals surface area (Å²) in [5.41, 5.74) is 2.65. The van der Waals surface area contributed by atoms with Gasteiger partial charge in [0.05, 0.1) is 33.5 Å². The Morgan fingerprint density at radius 2 is 1.25 bits per heavy atom. The van der Waals surface area contributed by atoms with Crippen molar-refractivity contribution < 1.29 is 57.0 Å². The van der Waals surface area contributed by atoms with E-state index >= 15 is 0 Å². The molecular formula is C38H47NO12. The van der Waals surface area contributed by atoms with E-state index in [1.54, 1.807) is 13.8 Å². The maximum absolute atomic E-state index is 12.8. The number of nitrogens with one attached hydrogen (secondary N) is 1. The average molecular weight is 710 g/mol. The topological polar surface area (TPSA) is 138 Å². The Morgan fingerprint density at radius 1 is 0.725 bits per heavy atom. The molecule has 1 N–H and O–H groups in total. The predicted octanol–water partition coefficient (Wildman–Crippen LogP) is 4.51. The molecule has 0 spiro atoms. The zero-order valence-electron chi connectivity index (χ0n) is 29.6. The SMILES string of the molecule is COC(=O)[C@H](CO[C@H]1O[C@H](COCc2ccccc2)[C@H]2O[C@](C)(OC)[C@@](C)(OC)O[C@@H]2[C@@H]1OCc1ccccc1)NC(=O)OCc1ccccc1. The molecule has 2 saturated heterocycles. The van der Waals surface area contributed by atoms with Crippen molar-refractivity contribution in [2.75, 3.05) is 34.5 Å². The van der Waals surface area contributed by atoms with E-state index in [1.165, 1.54) is 21.3 Å². The van der Waals surface area contributed by atoms with Gasteiger partial charge in [0.2, 0.25) is 11.6 Å². The van der Waals surface area contributed by atoms with Gasteiger partial charge in [0.1, 0.15) is 31.0 Å². The molecule has 0 aromatic heterocycles. The van der Waals surface area contributed by atoms with Gasteiger partial charge in [-0.2, -0.15) is 0 Å². The molecule has 276 valence electrons. The van der Waals surface area contributed by atoms with Crippen molar-refractivity contribution >= 4 is 12.1 Å². The number of hydrogen-bond donors (Lipinski definition) is 1. The summed E-state index contributed by atoms with van der Waals surface area (Å²) in [6, 6.07) is 27.2. The molecule has 2 heterocycles. The Labute approximate surface area is 298 Å². The Bertz CT molecular complexity index is 1520. The van der Waals surface area contributed by atoms with Gasteiger partial charge in [-0.1, -0.05) is 91.0 Å². The van der Waals surface area contributed by atoms with Gasteiger partial charge < -0.3 is 52.7 Å². The molecule has 51 heavy (non-hydrogen) atoms. The fraction of sp³-hybridized carbons (Fsp3) is 0.474. The lowest BCUT2D eigenvalue weighted by molar-refractivity contribution is -0.482. The molecule has 0 aliphatic carbocycles. The fourth-order valence-electron chi connectivity index (χ4n) is 5.84. The number of esters is 1. The van der Waals surface area contributed by atoms with Crippen LogP contribution >= 0.6 is 0 Å². The second kappa shape index (κ2) is 18.0. The molecule has 2 aliphatic heterocycles. The van der Waals surface area contributed by atoms with Gasteiger partial charge in [-0.3, -0.25) is 0 Å². The first-order chi connectivity index (χ1) is 24.7. The normalized spacial score (nSPS) is 27.9. The largest absolute Gasteiger partial charge is 0.467 e. The Hall–Kier alpha value is -3.92. The number of hydrogen-bond acceptors (Lipinski definition) is 12. The van der Waals surface area contributed by atoms with E-state index < -0.39 is 60.4 Å². The minimum absolute atomic E-state index is 0.00624. The van der Waals surface area contributed by atoms with Crippen LogP contribution in [0.2, 0.25) is 0 Å². The maximum atomic E-state index is 12.8. The highest BCUT2D eigenvalue weighted by molar-refractivity contribution is 5.81. The molecule has 0 radical (unpaired) electrons. The number of rotatable bonds is 16. The van der Waals surface area contributed by atoms with Gasteiger partial charge in [0.15, 0.2) is 12.3 Å². The molecule has 2 aliphatic rings. The minimum Gasteiger partial charge on any atom is -0.467 e. The highest BCUT2D eigenvalue weighted by Crippen LogP contribution is 2.44. The third kappa shape index (κ3) is 9.70. The Kier molecular flexibility index (Phi) is 13.5. The van der Waals surface area contributed by atoms with Crippen molar-refractivity contribution in [2.45, 2.75) is 82.0 Å². The van der Waals surface area contributed by atoms with Gasteiger partial charge in [-0.05, 0) is 30.5 Å². The summed E-state index contributed by atoms with van der Waals surface area (Å²) in [5, 5.41) is 2.54. The van der Waals surface area contributed by atoms with Crippen LogP contribution in [-0.2, 0) is 72.0 Å². The summed E-state index contributed by atoms with van der Waals surface area (Å²) in [4.78, 5) is 25.6. The highest BCUT2D eigenvalue weighted by atomic mass is 16.8. The molecule has 0 unspecified atom stereocenters. The van der Waals surface area contributed by atoms with Crippen molar-refractivity contribution in [3.05, 3.63) is 108 Å². The van der Waals surface area contributed by atoms with Crippen LogP contribution < -0.4 is 5.32 Å². The van der Waals surface area contributed by atoms with E-state index in [1.807, 2.05) is 91.0 Å². The van der Waals surface area contributed by atoms with E-state index in [0.29, 0.717) is 6.61 Å². The van der Waals surface area contributed by atoms with E-state index in [-0.39, 0.29) is 26.4 Å². The molecule has 5 rings (SSSR count). The summed E-state index contributed by atoms with van der Waals surface area (Å²) in [7, 11) is 4.22. The lowest BCUT2D eigenvalue weighted by Crippen LogP contribution is -2.73. The number of carbonyl (C=O) groups is 2. The molecular weight excluding hydrogens is 662 g/mol. The van der Waals surface area contributed by atoms with Crippen LogP contribution in [0.3, 0.4) is 0 Å². The number of amides is 1. The standard InChI is InChI=1S/C38H47NO12/c1-37(43-4)38(2,44-5)51-32-31(50-37)30(25-45-21-26-15-9-6-10-16-26)49-35(33(32)46-22-27-17-11-7-12-18-27)47-24-29(34(40)42-3)39-36(41)48-23-28-19-13-8-14-20-28/h6-20,29-33,35H,21-25H2,1-5H3,(H,39,41)/t29-,30+,31+,32-,33-,35-,37-,38-/m0/s1. The molecule has 8 atom stereocenters. The van der Waals surface area contributed by atoms with Crippen molar-refractivity contribution in [3.63, 3.8) is 0 Å². The van der Waals surface area contributed by atoms with Crippen molar-refractivity contribution in [1.29, 1.82) is 0 Å². The van der Waals surface area contributed by atoms with Crippen LogP contribution in [0.5, 0.6) is 0 Å². The molecule has 0 bridgehead atoms. The molecule has 2 fully saturated rings. The number of fused-ring (bicyclic) bond motifs is 1. The summed E-state index contributed by atoms with van der Waals surface area (Å²) in [6.07, 6.45) is -5.23. The second-order valence-electron chi connectivity index (χ2n) is 12.4. The number of benzene rings is 3. The van der Waals surface area contributed by atoms with Gasteiger partial charge in [0.25, 0.3) is 0 Å². The quantitative estimate of drug-likeness (QED) is 0.210. The van der Waals surface area contributed by atoms with Gasteiger partial charge in [-0.25, -0.2) is 9.59 Å². The predicted molar refractivity (Wildman–Crippen MR) is 182 cm³/mol. The monoisotopic (exact) mass is 709 g/mol. The Morgan fingerprint density at radius 3 is 1.80 bits per heavy atom. The zero-order chi connectivity index (χ0) is 36.3. The third-order valence-corrected chi connectivity index (χ3v) is 9.01. The van der Waals surface area contributed by atoms with Crippen LogP contribution in [0.25, 0.3) is 0 Å². The van der Waals surface area contributed by atoms with E-state index in [4.69, 9.17) is 47.4 Å². The molecule has 1 amide bonds. The van der Waals surface area contributed by atoms with E-state index in [9.17, 15) is 9.59 Å². The number of alkyl carbamates (subject to hydrolysis) is 1. The van der Waals surface area contributed by atoms with Gasteiger partial charge in [-0.15, -0.1) is 0 Å². The lowest BCUT2D eigenvalue weighted by atomic mass is 9.93. The number of methoxy groups -OCH3 is 3. The zero-order valence-corrected chi connectivity index (χ0v) is 29.6. The van der Waals surface area contributed by atoms with Crippen molar-refractivity contribution in [2.24, 2.45) is 0 Å². The van der Waals surface area contributed by atoms with Crippen LogP contribution in [0, 0.1) is 0 Å². The number of ether oxygens (including phenoxy) is 10. The van der Waals surface area contributed by atoms with Gasteiger partial charge in [0, 0.05) is 14.2 Å². The molecule has 3 aromatic carbocycles. The average Bonchev–Trinajstić information content (AvgIpc) is 3.16. The van der Waals surface area contributed by atoms with Crippen LogP contribution in [-0.4, -0.2) is 94.9 Å². The first-order valence-electron chi connectivity index (χ1n) is 16.7. The fourth-order valence-corrected chi connectivity index (χ4v) is 5.84. The second-order valence-corrected chi connectivity index (χ2v) is 12.4. The molecule has 13 nitrogen and oxygen atoms in total. The molecule has 3 aromatic rings. The van der Waals surface area contributed by atoms with Gasteiger partial charge >= 0.3 is 12.1 Å². The van der Waals surface area contributed by atoms with Crippen molar-refractivity contribution in [1.82, 2.24) is 5.32 Å². The minimum atomic E-state index is -1.38.